The van der Waals surface area contributed by atoms with Crippen molar-refractivity contribution in [3.8, 4) is 0 Å². The number of carbonyl (C=O) groups excluding carboxylic acids is 1. The first-order valence-corrected chi connectivity index (χ1v) is 7.14. The second kappa shape index (κ2) is 4.94. The summed E-state index contributed by atoms with van der Waals surface area (Å²) < 4.78 is 0. The molecule has 0 bridgehead atoms. The second-order valence-electron chi connectivity index (χ2n) is 5.90. The molecule has 1 amide bonds. The van der Waals surface area contributed by atoms with E-state index in [4.69, 9.17) is 0 Å². The Bertz CT molecular complexity index is 625. The van der Waals surface area contributed by atoms with Crippen LogP contribution in [0.4, 0.5) is 0 Å². The highest BCUT2D eigenvalue weighted by Gasteiger charge is 2.39. The average molecular weight is 271 g/mol. The molecule has 0 atom stereocenters. The van der Waals surface area contributed by atoms with Crippen molar-refractivity contribution in [2.24, 2.45) is 0 Å². The minimum absolute atomic E-state index is 0.0170. The Morgan fingerprint density at radius 3 is 2.80 bits per heavy atom. The van der Waals surface area contributed by atoms with Gasteiger partial charge in [0, 0.05) is 34.7 Å². The molecular weight excluding hydrogens is 250 g/mol. The molecule has 2 aromatic rings. The lowest BCUT2D eigenvalue weighted by Gasteiger charge is -2.47. The summed E-state index contributed by atoms with van der Waals surface area (Å²) in [6.45, 7) is 0.722. The Kier molecular flexibility index (Phi) is 3.26. The van der Waals surface area contributed by atoms with Gasteiger partial charge in [-0.25, -0.2) is 0 Å². The Balaban J connectivity index is 1.75. The van der Waals surface area contributed by atoms with Crippen molar-refractivity contribution >= 4 is 16.8 Å². The third kappa shape index (κ3) is 2.10. The second-order valence-corrected chi connectivity index (χ2v) is 5.90. The molecule has 1 aromatic carbocycles. The van der Waals surface area contributed by atoms with Gasteiger partial charge in [-0.3, -0.25) is 4.79 Å². The van der Waals surface area contributed by atoms with E-state index in [1.807, 2.05) is 30.5 Å². The van der Waals surface area contributed by atoms with Crippen LogP contribution in [0.15, 0.2) is 30.5 Å². The number of hydrogen-bond acceptors (Lipinski definition) is 2. The van der Waals surface area contributed by atoms with Crippen LogP contribution in [0.5, 0.6) is 0 Å². The van der Waals surface area contributed by atoms with Crippen LogP contribution in [-0.4, -0.2) is 42.0 Å². The topological polar surface area (TPSA) is 48.1 Å². The summed E-state index contributed by atoms with van der Waals surface area (Å²) in [5.41, 5.74) is 1.91. The molecular formula is C16H21N3O. The van der Waals surface area contributed by atoms with Gasteiger partial charge in [0.25, 0.3) is 5.91 Å². The normalized spacial score (nSPS) is 17.1. The van der Waals surface area contributed by atoms with Crippen LogP contribution in [-0.2, 0) is 0 Å². The van der Waals surface area contributed by atoms with Gasteiger partial charge < -0.3 is 15.2 Å². The highest BCUT2D eigenvalue weighted by Crippen LogP contribution is 2.35. The van der Waals surface area contributed by atoms with Crippen molar-refractivity contribution in [2.75, 3.05) is 20.6 Å². The van der Waals surface area contributed by atoms with Gasteiger partial charge in [0.05, 0.1) is 0 Å². The van der Waals surface area contributed by atoms with E-state index < -0.39 is 0 Å². The molecule has 4 nitrogen and oxygen atoms in total. The van der Waals surface area contributed by atoms with E-state index in [9.17, 15) is 4.79 Å². The van der Waals surface area contributed by atoms with Crippen molar-refractivity contribution < 1.29 is 4.79 Å². The first-order valence-electron chi connectivity index (χ1n) is 7.14. The highest BCUT2D eigenvalue weighted by atomic mass is 16.1. The summed E-state index contributed by atoms with van der Waals surface area (Å²) in [7, 11) is 4.19. The number of fused-ring (bicyclic) bond motifs is 1. The molecule has 1 saturated carbocycles. The minimum Gasteiger partial charge on any atom is -0.361 e. The molecule has 0 saturated heterocycles. The van der Waals surface area contributed by atoms with E-state index in [0.717, 1.165) is 35.9 Å². The molecule has 1 aromatic heterocycles. The third-order valence-corrected chi connectivity index (χ3v) is 4.65. The molecule has 0 radical (unpaired) electrons. The molecule has 1 fully saturated rings. The quantitative estimate of drug-likeness (QED) is 0.897. The number of H-pyrrole nitrogens is 1. The molecule has 3 rings (SSSR count). The van der Waals surface area contributed by atoms with Gasteiger partial charge in [0.2, 0.25) is 0 Å². The van der Waals surface area contributed by atoms with Crippen molar-refractivity contribution in [1.29, 1.82) is 0 Å². The lowest BCUT2D eigenvalue weighted by molar-refractivity contribution is 0.0558. The van der Waals surface area contributed by atoms with Crippen molar-refractivity contribution in [2.45, 2.75) is 24.8 Å². The number of amides is 1. The molecule has 2 N–H and O–H groups in total. The van der Waals surface area contributed by atoms with Crippen LogP contribution in [0.3, 0.4) is 0 Å². The first kappa shape index (κ1) is 13.2. The van der Waals surface area contributed by atoms with E-state index >= 15 is 0 Å². The van der Waals surface area contributed by atoms with Crippen LogP contribution >= 0.6 is 0 Å². The number of nitrogens with one attached hydrogen (secondary N) is 2. The zero-order valence-corrected chi connectivity index (χ0v) is 12.1. The van der Waals surface area contributed by atoms with Gasteiger partial charge in [0.1, 0.15) is 0 Å². The molecule has 0 spiro atoms. The highest BCUT2D eigenvalue weighted by molar-refractivity contribution is 6.06. The fourth-order valence-electron chi connectivity index (χ4n) is 2.99. The van der Waals surface area contributed by atoms with Gasteiger partial charge in [-0.15, -0.1) is 0 Å². The Labute approximate surface area is 119 Å². The molecule has 106 valence electrons. The van der Waals surface area contributed by atoms with Crippen LogP contribution in [0.1, 0.15) is 29.6 Å². The van der Waals surface area contributed by atoms with Crippen molar-refractivity contribution in [3.05, 3.63) is 36.0 Å². The fourth-order valence-corrected chi connectivity index (χ4v) is 2.99. The molecule has 1 heterocycles. The molecule has 0 unspecified atom stereocenters. The van der Waals surface area contributed by atoms with E-state index in [1.54, 1.807) is 0 Å². The van der Waals surface area contributed by atoms with Crippen LogP contribution in [0, 0.1) is 0 Å². The summed E-state index contributed by atoms with van der Waals surface area (Å²) in [5.74, 6) is 0.0170. The molecule has 0 aliphatic heterocycles. The van der Waals surface area contributed by atoms with Gasteiger partial charge in [-0.1, -0.05) is 6.07 Å². The average Bonchev–Trinajstić information content (AvgIpc) is 2.84. The predicted octanol–water partition coefficient (Wildman–Crippen LogP) is 2.38. The summed E-state index contributed by atoms with van der Waals surface area (Å²) in [6.07, 6.45) is 5.44. The first-order chi connectivity index (χ1) is 9.62. The van der Waals surface area contributed by atoms with Gasteiger partial charge in [-0.05, 0) is 51.6 Å². The van der Waals surface area contributed by atoms with Gasteiger partial charge in [0.15, 0.2) is 0 Å². The molecule has 1 aliphatic carbocycles. The minimum atomic E-state index is 0.0170. The summed E-state index contributed by atoms with van der Waals surface area (Å²) in [5, 5.41) is 4.09. The SMILES string of the molecule is CN(C)C1(CNC(=O)c2cccc3[nH]ccc23)CCC1. The number of nitrogens with zero attached hydrogens (tertiary/aromatic N) is 1. The number of aromatic nitrogens is 1. The zero-order chi connectivity index (χ0) is 14.2. The maximum absolute atomic E-state index is 12.4. The van der Waals surface area contributed by atoms with Crippen LogP contribution in [0.25, 0.3) is 10.9 Å². The molecule has 4 heteroatoms. The van der Waals surface area contributed by atoms with Crippen LogP contribution < -0.4 is 5.32 Å². The molecule has 1 aliphatic rings. The third-order valence-electron chi connectivity index (χ3n) is 4.65. The van der Waals surface area contributed by atoms with Gasteiger partial charge >= 0.3 is 0 Å². The van der Waals surface area contributed by atoms with E-state index in [-0.39, 0.29) is 11.4 Å². The Hall–Kier alpha value is -1.81. The van der Waals surface area contributed by atoms with Crippen molar-refractivity contribution in [3.63, 3.8) is 0 Å². The Morgan fingerprint density at radius 2 is 2.15 bits per heavy atom. The number of hydrogen-bond donors (Lipinski definition) is 2. The lowest BCUT2D eigenvalue weighted by Crippen LogP contribution is -2.57. The van der Waals surface area contributed by atoms with Crippen molar-refractivity contribution in [1.82, 2.24) is 15.2 Å². The summed E-state index contributed by atoms with van der Waals surface area (Å²) >= 11 is 0. The molecule has 20 heavy (non-hydrogen) atoms. The van der Waals surface area contributed by atoms with Crippen LogP contribution in [0.2, 0.25) is 0 Å². The number of benzene rings is 1. The number of aromatic amines is 1. The number of likely N-dealkylation sites (N-methyl/N-ethyl adjacent to an activating group) is 1. The maximum Gasteiger partial charge on any atom is 0.252 e. The van der Waals surface area contributed by atoms with Gasteiger partial charge in [-0.2, -0.15) is 0 Å². The van der Waals surface area contributed by atoms with E-state index in [2.05, 4.69) is 29.3 Å². The summed E-state index contributed by atoms with van der Waals surface area (Å²) in [4.78, 5) is 17.8. The largest absolute Gasteiger partial charge is 0.361 e. The maximum atomic E-state index is 12.4. The Morgan fingerprint density at radius 1 is 1.35 bits per heavy atom. The monoisotopic (exact) mass is 271 g/mol. The smallest absolute Gasteiger partial charge is 0.252 e. The van der Waals surface area contributed by atoms with E-state index in [0.29, 0.717) is 0 Å². The summed E-state index contributed by atoms with van der Waals surface area (Å²) in [6, 6.07) is 7.74. The standard InChI is InChI=1S/C16H21N3O/c1-19(2)16(8-4-9-16)11-18-15(20)13-5-3-6-14-12(13)7-10-17-14/h3,5-7,10,17H,4,8-9,11H2,1-2H3,(H,18,20). The number of carbonyl (C=O) groups is 1. The fraction of sp³-hybridized carbons (Fsp3) is 0.438. The van der Waals surface area contributed by atoms with E-state index in [1.165, 1.54) is 6.42 Å². The predicted molar refractivity (Wildman–Crippen MR) is 80.9 cm³/mol. The zero-order valence-electron chi connectivity index (χ0n) is 12.1. The lowest BCUT2D eigenvalue weighted by atomic mass is 9.75. The number of rotatable bonds is 4.